The van der Waals surface area contributed by atoms with Crippen molar-refractivity contribution in [2.45, 2.75) is 13.8 Å². The number of carbonyl (C=O) groups is 2. The van der Waals surface area contributed by atoms with Crippen molar-refractivity contribution in [2.75, 3.05) is 18.4 Å². The van der Waals surface area contributed by atoms with Gasteiger partial charge in [0.25, 0.3) is 5.91 Å². The van der Waals surface area contributed by atoms with E-state index >= 15 is 0 Å². The molecule has 0 fully saturated rings. The second kappa shape index (κ2) is 8.08. The second-order valence-corrected chi connectivity index (χ2v) is 5.82. The van der Waals surface area contributed by atoms with E-state index < -0.39 is 5.91 Å². The molecule has 0 aliphatic carbocycles. The van der Waals surface area contributed by atoms with Gasteiger partial charge in [-0.25, -0.2) is 4.98 Å². The fraction of sp³-hybridized carbons (Fsp3) is 0.250. The molecular weight excluding hydrogens is 351 g/mol. The van der Waals surface area contributed by atoms with Crippen LogP contribution in [0, 0.1) is 6.92 Å². The zero-order valence-electron chi connectivity index (χ0n) is 13.2. The second-order valence-electron chi connectivity index (χ2n) is 5.01. The minimum Gasteiger partial charge on any atom is -0.328 e. The van der Waals surface area contributed by atoms with E-state index in [9.17, 15) is 9.59 Å². The van der Waals surface area contributed by atoms with Gasteiger partial charge in [-0.2, -0.15) is 0 Å². The molecule has 0 aliphatic heterocycles. The normalized spacial score (nSPS) is 10.3. The van der Waals surface area contributed by atoms with Crippen molar-refractivity contribution in [1.29, 1.82) is 0 Å². The van der Waals surface area contributed by atoms with Gasteiger partial charge in [0, 0.05) is 12.7 Å². The quantitative estimate of drug-likeness (QED) is 0.881. The zero-order valence-corrected chi connectivity index (χ0v) is 14.7. The summed E-state index contributed by atoms with van der Waals surface area (Å²) in [5.74, 6) is -0.773. The number of hydrogen-bond acceptors (Lipinski definition) is 4. The number of aromatic nitrogens is 2. The third-order valence-electron chi connectivity index (χ3n) is 3.23. The maximum Gasteiger partial charge on any atom is 0.274 e. The lowest BCUT2D eigenvalue weighted by atomic mass is 10.3. The molecule has 0 bridgehead atoms. The maximum atomic E-state index is 12.4. The highest BCUT2D eigenvalue weighted by molar-refractivity contribution is 6.39. The standard InChI is InChI=1S/C16H16Cl2N4O2/c1-3-22(16(24)13-8-19-10(2)7-20-13)9-14(23)21-15-11(17)5-4-6-12(15)18/h4-8H,3,9H2,1-2H3,(H,21,23). The van der Waals surface area contributed by atoms with Crippen LogP contribution in [0.25, 0.3) is 0 Å². The highest BCUT2D eigenvalue weighted by Gasteiger charge is 2.19. The van der Waals surface area contributed by atoms with Crippen LogP contribution >= 0.6 is 23.2 Å². The summed E-state index contributed by atoms with van der Waals surface area (Å²) in [6, 6.07) is 4.92. The largest absolute Gasteiger partial charge is 0.328 e. The van der Waals surface area contributed by atoms with Crippen molar-refractivity contribution < 1.29 is 9.59 Å². The van der Waals surface area contributed by atoms with Gasteiger partial charge < -0.3 is 10.2 Å². The fourth-order valence-electron chi connectivity index (χ4n) is 1.96. The van der Waals surface area contributed by atoms with E-state index in [0.29, 0.717) is 28.0 Å². The molecule has 0 spiro atoms. The fourth-order valence-corrected chi connectivity index (χ4v) is 2.45. The minimum atomic E-state index is -0.403. The highest BCUT2D eigenvalue weighted by Crippen LogP contribution is 2.29. The molecule has 0 saturated heterocycles. The number of likely N-dealkylation sites (N-methyl/N-ethyl adjacent to an activating group) is 1. The number of benzene rings is 1. The van der Waals surface area contributed by atoms with Gasteiger partial charge in [-0.15, -0.1) is 0 Å². The van der Waals surface area contributed by atoms with Crippen molar-refractivity contribution in [3.05, 3.63) is 52.0 Å². The summed E-state index contributed by atoms with van der Waals surface area (Å²) in [5.41, 5.74) is 1.22. The first-order chi connectivity index (χ1) is 11.4. The van der Waals surface area contributed by atoms with Gasteiger partial charge >= 0.3 is 0 Å². The lowest BCUT2D eigenvalue weighted by Gasteiger charge is -2.20. The van der Waals surface area contributed by atoms with Gasteiger partial charge in [-0.3, -0.25) is 14.6 Å². The third-order valence-corrected chi connectivity index (χ3v) is 3.86. The Bertz CT molecular complexity index is 730. The van der Waals surface area contributed by atoms with Crippen molar-refractivity contribution >= 4 is 40.7 Å². The average molecular weight is 367 g/mol. The van der Waals surface area contributed by atoms with Crippen LogP contribution in [-0.4, -0.2) is 39.8 Å². The number of carbonyl (C=O) groups excluding carboxylic acids is 2. The van der Waals surface area contributed by atoms with Gasteiger partial charge in [-0.05, 0) is 26.0 Å². The van der Waals surface area contributed by atoms with Gasteiger partial charge in [0.15, 0.2) is 0 Å². The molecule has 8 heteroatoms. The molecular formula is C16H16Cl2N4O2. The number of hydrogen-bond donors (Lipinski definition) is 1. The Morgan fingerprint density at radius 2 is 1.83 bits per heavy atom. The Morgan fingerprint density at radius 3 is 2.38 bits per heavy atom. The molecule has 0 saturated carbocycles. The highest BCUT2D eigenvalue weighted by atomic mass is 35.5. The summed E-state index contributed by atoms with van der Waals surface area (Å²) in [5, 5.41) is 3.28. The van der Waals surface area contributed by atoms with Gasteiger partial charge in [0.05, 0.1) is 27.6 Å². The molecule has 1 aromatic heterocycles. The van der Waals surface area contributed by atoms with Gasteiger partial charge in [0.2, 0.25) is 5.91 Å². The lowest BCUT2D eigenvalue weighted by molar-refractivity contribution is -0.116. The average Bonchev–Trinajstić information content (AvgIpc) is 2.56. The number of rotatable bonds is 5. The van der Waals surface area contributed by atoms with Crippen molar-refractivity contribution in [3.8, 4) is 0 Å². The SMILES string of the molecule is CCN(CC(=O)Nc1c(Cl)cccc1Cl)C(=O)c1cnc(C)cn1. The molecule has 126 valence electrons. The minimum absolute atomic E-state index is 0.146. The Labute approximate surface area is 149 Å². The van der Waals surface area contributed by atoms with Crippen LogP contribution in [0.1, 0.15) is 23.1 Å². The summed E-state index contributed by atoms with van der Waals surface area (Å²) >= 11 is 12.0. The summed E-state index contributed by atoms with van der Waals surface area (Å²) in [7, 11) is 0. The molecule has 2 rings (SSSR count). The number of nitrogens with one attached hydrogen (secondary N) is 1. The molecule has 0 radical (unpaired) electrons. The van der Waals surface area contributed by atoms with E-state index in [1.165, 1.54) is 17.3 Å². The number of amides is 2. The predicted octanol–water partition coefficient (Wildman–Crippen LogP) is 3.19. The van der Waals surface area contributed by atoms with Crippen molar-refractivity contribution in [3.63, 3.8) is 0 Å². The van der Waals surface area contributed by atoms with Crippen LogP contribution in [0.15, 0.2) is 30.6 Å². The smallest absolute Gasteiger partial charge is 0.274 e. The topological polar surface area (TPSA) is 75.2 Å². The third kappa shape index (κ3) is 4.43. The van der Waals surface area contributed by atoms with Crippen molar-refractivity contribution in [1.82, 2.24) is 14.9 Å². The Kier molecular flexibility index (Phi) is 6.11. The monoisotopic (exact) mass is 366 g/mol. The van der Waals surface area contributed by atoms with Crippen LogP contribution in [0.5, 0.6) is 0 Å². The van der Waals surface area contributed by atoms with Crippen LogP contribution in [0.2, 0.25) is 10.0 Å². The zero-order chi connectivity index (χ0) is 17.7. The summed E-state index contributed by atoms with van der Waals surface area (Å²) in [6.07, 6.45) is 2.90. The molecule has 2 amide bonds. The molecule has 6 nitrogen and oxygen atoms in total. The molecule has 0 aliphatic rings. The van der Waals surface area contributed by atoms with Crippen LogP contribution in [0.4, 0.5) is 5.69 Å². The molecule has 24 heavy (non-hydrogen) atoms. The molecule has 0 unspecified atom stereocenters. The van der Waals surface area contributed by atoms with E-state index in [1.807, 2.05) is 0 Å². The van der Waals surface area contributed by atoms with E-state index in [0.717, 1.165) is 0 Å². The van der Waals surface area contributed by atoms with E-state index in [-0.39, 0.29) is 18.1 Å². The lowest BCUT2D eigenvalue weighted by Crippen LogP contribution is -2.38. The number of aryl methyl sites for hydroxylation is 1. The van der Waals surface area contributed by atoms with E-state index in [2.05, 4.69) is 15.3 Å². The number of nitrogens with zero attached hydrogens (tertiary/aromatic N) is 3. The number of anilines is 1. The van der Waals surface area contributed by atoms with Crippen LogP contribution < -0.4 is 5.32 Å². The Hall–Kier alpha value is -2.18. The summed E-state index contributed by atoms with van der Waals surface area (Å²) in [4.78, 5) is 34.1. The number of halogens is 2. The number of para-hydroxylation sites is 1. The van der Waals surface area contributed by atoms with E-state index in [4.69, 9.17) is 23.2 Å². The first kappa shape index (κ1) is 18.2. The molecule has 2 aromatic rings. The van der Waals surface area contributed by atoms with Gasteiger partial charge in [0.1, 0.15) is 12.2 Å². The molecule has 1 N–H and O–H groups in total. The van der Waals surface area contributed by atoms with E-state index in [1.54, 1.807) is 32.0 Å². The first-order valence-electron chi connectivity index (χ1n) is 7.24. The maximum absolute atomic E-state index is 12.4. The predicted molar refractivity (Wildman–Crippen MR) is 93.4 cm³/mol. The Balaban J connectivity index is 2.08. The first-order valence-corrected chi connectivity index (χ1v) is 7.99. The van der Waals surface area contributed by atoms with Crippen molar-refractivity contribution in [2.24, 2.45) is 0 Å². The molecule has 0 atom stereocenters. The van der Waals surface area contributed by atoms with Gasteiger partial charge in [-0.1, -0.05) is 29.3 Å². The summed E-state index contributed by atoms with van der Waals surface area (Å²) < 4.78 is 0. The molecule has 1 aromatic carbocycles. The summed E-state index contributed by atoms with van der Waals surface area (Å²) in [6.45, 7) is 3.75. The van der Waals surface area contributed by atoms with Crippen LogP contribution in [-0.2, 0) is 4.79 Å². The Morgan fingerprint density at radius 1 is 1.17 bits per heavy atom. The molecule has 1 heterocycles. The van der Waals surface area contributed by atoms with Crippen LogP contribution in [0.3, 0.4) is 0 Å².